The van der Waals surface area contributed by atoms with E-state index in [1.165, 1.54) is 0 Å². The van der Waals surface area contributed by atoms with Crippen molar-refractivity contribution >= 4 is 29.1 Å². The standard InChI is InChI=1S/C23H22ClN3O2/c1-14-6-7-15(2)27(14)19-10-11-21(24)20(13-19)23(29)26-18-5-3-4-16(12-18)22(28)25-17-8-9-17/h3-7,10-13,17H,8-9H2,1-2H3,(H,25,28)(H,26,29). The molecule has 0 bridgehead atoms. The molecule has 5 nitrogen and oxygen atoms in total. The quantitative estimate of drug-likeness (QED) is 0.632. The summed E-state index contributed by atoms with van der Waals surface area (Å²) in [4.78, 5) is 25.1. The molecule has 1 fully saturated rings. The molecule has 0 spiro atoms. The molecule has 2 amide bonds. The maximum absolute atomic E-state index is 12.9. The smallest absolute Gasteiger partial charge is 0.257 e. The second-order valence-electron chi connectivity index (χ2n) is 7.40. The third-order valence-corrected chi connectivity index (χ3v) is 5.35. The number of benzene rings is 2. The average molecular weight is 408 g/mol. The summed E-state index contributed by atoms with van der Waals surface area (Å²) in [5.74, 6) is -0.443. The highest BCUT2D eigenvalue weighted by Gasteiger charge is 2.24. The number of nitrogens with zero attached hydrogens (tertiary/aromatic N) is 1. The van der Waals surface area contributed by atoms with Gasteiger partial charge in [-0.15, -0.1) is 0 Å². The molecule has 2 N–H and O–H groups in total. The Morgan fingerprint density at radius 1 is 0.966 bits per heavy atom. The summed E-state index contributed by atoms with van der Waals surface area (Å²) in [5.41, 5.74) is 4.47. The molecule has 0 aliphatic heterocycles. The van der Waals surface area contributed by atoms with E-state index < -0.39 is 0 Å². The van der Waals surface area contributed by atoms with E-state index in [9.17, 15) is 9.59 Å². The lowest BCUT2D eigenvalue weighted by atomic mass is 10.1. The molecule has 0 radical (unpaired) electrons. The van der Waals surface area contributed by atoms with E-state index in [0.29, 0.717) is 21.8 Å². The molecule has 0 saturated heterocycles. The molecule has 1 aliphatic rings. The zero-order valence-electron chi connectivity index (χ0n) is 16.3. The lowest BCUT2D eigenvalue weighted by Crippen LogP contribution is -2.25. The fourth-order valence-electron chi connectivity index (χ4n) is 3.34. The number of hydrogen-bond donors (Lipinski definition) is 2. The number of anilines is 1. The summed E-state index contributed by atoms with van der Waals surface area (Å²) in [5, 5.41) is 6.17. The summed E-state index contributed by atoms with van der Waals surface area (Å²) in [6.45, 7) is 4.03. The molecule has 29 heavy (non-hydrogen) atoms. The number of aromatic nitrogens is 1. The second-order valence-corrected chi connectivity index (χ2v) is 7.81. The zero-order chi connectivity index (χ0) is 20.5. The molecule has 6 heteroatoms. The van der Waals surface area contributed by atoms with E-state index >= 15 is 0 Å². The average Bonchev–Trinajstić information content (AvgIpc) is 3.45. The zero-order valence-corrected chi connectivity index (χ0v) is 17.1. The highest BCUT2D eigenvalue weighted by Crippen LogP contribution is 2.24. The van der Waals surface area contributed by atoms with Gasteiger partial charge in [0.15, 0.2) is 0 Å². The summed E-state index contributed by atoms with van der Waals surface area (Å²) in [7, 11) is 0. The Bertz CT molecular complexity index is 1080. The number of carbonyl (C=O) groups is 2. The normalized spacial score (nSPS) is 13.2. The molecule has 1 aliphatic carbocycles. The molecule has 148 valence electrons. The number of hydrogen-bond acceptors (Lipinski definition) is 2. The van der Waals surface area contributed by atoms with Crippen LogP contribution in [0.5, 0.6) is 0 Å². The van der Waals surface area contributed by atoms with Crippen LogP contribution < -0.4 is 10.6 Å². The van der Waals surface area contributed by atoms with Gasteiger partial charge in [0.05, 0.1) is 10.6 Å². The first kappa shape index (κ1) is 19.3. The van der Waals surface area contributed by atoms with Gasteiger partial charge < -0.3 is 15.2 Å². The number of carbonyl (C=O) groups excluding carboxylic acids is 2. The van der Waals surface area contributed by atoms with Crippen molar-refractivity contribution in [3.05, 3.63) is 82.1 Å². The van der Waals surface area contributed by atoms with Crippen molar-refractivity contribution in [2.75, 3.05) is 5.32 Å². The Morgan fingerprint density at radius 3 is 2.38 bits per heavy atom. The fourth-order valence-corrected chi connectivity index (χ4v) is 3.54. The number of aryl methyl sites for hydroxylation is 2. The predicted octanol–water partition coefficient (Wildman–Crippen LogP) is 4.89. The summed E-state index contributed by atoms with van der Waals surface area (Å²) < 4.78 is 2.07. The van der Waals surface area contributed by atoms with E-state index in [0.717, 1.165) is 29.9 Å². The van der Waals surface area contributed by atoms with Crippen LogP contribution in [-0.4, -0.2) is 22.4 Å². The monoisotopic (exact) mass is 407 g/mol. The third kappa shape index (κ3) is 4.20. The molecule has 1 saturated carbocycles. The molecule has 0 atom stereocenters. The summed E-state index contributed by atoms with van der Waals surface area (Å²) >= 11 is 6.31. The maximum atomic E-state index is 12.9. The first-order chi connectivity index (χ1) is 13.9. The van der Waals surface area contributed by atoms with Crippen molar-refractivity contribution < 1.29 is 9.59 Å². The SMILES string of the molecule is Cc1ccc(C)n1-c1ccc(Cl)c(C(=O)Nc2cccc(C(=O)NC3CC3)c2)c1. The van der Waals surface area contributed by atoms with Crippen LogP contribution in [0, 0.1) is 13.8 Å². The number of rotatable bonds is 5. The van der Waals surface area contributed by atoms with Gasteiger partial charge in [0.1, 0.15) is 0 Å². The molecule has 2 aromatic carbocycles. The van der Waals surface area contributed by atoms with Crippen LogP contribution in [0.15, 0.2) is 54.6 Å². The van der Waals surface area contributed by atoms with Crippen LogP contribution in [-0.2, 0) is 0 Å². The van der Waals surface area contributed by atoms with Crippen molar-refractivity contribution in [1.82, 2.24) is 9.88 Å². The largest absolute Gasteiger partial charge is 0.349 e. The van der Waals surface area contributed by atoms with Gasteiger partial charge in [-0.3, -0.25) is 9.59 Å². The molecule has 1 heterocycles. The summed E-state index contributed by atoms with van der Waals surface area (Å²) in [6.07, 6.45) is 2.05. The fraction of sp³-hybridized carbons (Fsp3) is 0.217. The minimum atomic E-state index is -0.320. The minimum absolute atomic E-state index is 0.123. The Kier molecular flexibility index (Phi) is 5.16. The lowest BCUT2D eigenvalue weighted by molar-refractivity contribution is 0.0949. The van der Waals surface area contributed by atoms with Crippen molar-refractivity contribution in [1.29, 1.82) is 0 Å². The summed E-state index contributed by atoms with van der Waals surface area (Å²) in [6, 6.07) is 16.7. The van der Waals surface area contributed by atoms with E-state index in [-0.39, 0.29) is 17.9 Å². The maximum Gasteiger partial charge on any atom is 0.257 e. The van der Waals surface area contributed by atoms with Gasteiger partial charge in [0.2, 0.25) is 0 Å². The van der Waals surface area contributed by atoms with Gasteiger partial charge in [0.25, 0.3) is 11.8 Å². The first-order valence-electron chi connectivity index (χ1n) is 9.59. The van der Waals surface area contributed by atoms with E-state index in [4.69, 9.17) is 11.6 Å². The van der Waals surface area contributed by atoms with E-state index in [1.807, 2.05) is 32.0 Å². The van der Waals surface area contributed by atoms with Crippen molar-refractivity contribution in [2.45, 2.75) is 32.7 Å². The van der Waals surface area contributed by atoms with Crippen LogP contribution in [0.1, 0.15) is 44.9 Å². The highest BCUT2D eigenvalue weighted by atomic mass is 35.5. The van der Waals surface area contributed by atoms with E-state index in [1.54, 1.807) is 36.4 Å². The Morgan fingerprint density at radius 2 is 1.69 bits per heavy atom. The molecular formula is C23H22ClN3O2. The molecule has 3 aromatic rings. The van der Waals surface area contributed by atoms with Crippen LogP contribution >= 0.6 is 11.6 Å². The van der Waals surface area contributed by atoms with Crippen LogP contribution in [0.25, 0.3) is 5.69 Å². The van der Waals surface area contributed by atoms with Crippen LogP contribution in [0.4, 0.5) is 5.69 Å². The Hall–Kier alpha value is -3.05. The topological polar surface area (TPSA) is 63.1 Å². The third-order valence-electron chi connectivity index (χ3n) is 5.02. The highest BCUT2D eigenvalue weighted by molar-refractivity contribution is 6.34. The van der Waals surface area contributed by atoms with Crippen LogP contribution in [0.2, 0.25) is 5.02 Å². The number of halogens is 1. The van der Waals surface area contributed by atoms with Crippen molar-refractivity contribution in [3.8, 4) is 5.69 Å². The molecule has 4 rings (SSSR count). The van der Waals surface area contributed by atoms with Crippen LogP contribution in [0.3, 0.4) is 0 Å². The van der Waals surface area contributed by atoms with E-state index in [2.05, 4.69) is 15.2 Å². The Labute approximate surface area is 174 Å². The minimum Gasteiger partial charge on any atom is -0.349 e. The number of nitrogens with one attached hydrogen (secondary N) is 2. The van der Waals surface area contributed by atoms with Gasteiger partial charge in [-0.1, -0.05) is 17.7 Å². The predicted molar refractivity (Wildman–Crippen MR) is 115 cm³/mol. The van der Waals surface area contributed by atoms with Gasteiger partial charge >= 0.3 is 0 Å². The molecule has 0 unspecified atom stereocenters. The van der Waals surface area contributed by atoms with Gasteiger partial charge in [-0.2, -0.15) is 0 Å². The second kappa shape index (κ2) is 7.76. The lowest BCUT2D eigenvalue weighted by Gasteiger charge is -2.13. The van der Waals surface area contributed by atoms with Crippen molar-refractivity contribution in [2.24, 2.45) is 0 Å². The van der Waals surface area contributed by atoms with Gasteiger partial charge in [-0.05, 0) is 75.2 Å². The molecular weight excluding hydrogens is 386 g/mol. The Balaban J connectivity index is 1.57. The van der Waals surface area contributed by atoms with Gasteiger partial charge in [0, 0.05) is 34.4 Å². The first-order valence-corrected chi connectivity index (χ1v) is 9.97. The van der Waals surface area contributed by atoms with Gasteiger partial charge in [-0.25, -0.2) is 0 Å². The van der Waals surface area contributed by atoms with Crippen molar-refractivity contribution in [3.63, 3.8) is 0 Å². The molecule has 1 aromatic heterocycles. The number of amides is 2.